The first-order valence-corrected chi connectivity index (χ1v) is 8.25. The lowest BCUT2D eigenvalue weighted by Gasteiger charge is -2.36. The summed E-state index contributed by atoms with van der Waals surface area (Å²) in [6, 6.07) is 9.55. The summed E-state index contributed by atoms with van der Waals surface area (Å²) >= 11 is 0. The fourth-order valence-electron chi connectivity index (χ4n) is 2.20. The van der Waals surface area contributed by atoms with Crippen LogP contribution in [0.3, 0.4) is 0 Å². The smallest absolute Gasteiger partial charge is 0.410 e. The normalized spacial score (nSPS) is 23.4. The minimum Gasteiger partial charge on any atom is -0.444 e. The Morgan fingerprint density at radius 1 is 1.30 bits per heavy atom. The highest BCUT2D eigenvalue weighted by molar-refractivity contribution is 7.85. The van der Waals surface area contributed by atoms with Crippen LogP contribution in [0.4, 0.5) is 4.79 Å². The zero-order valence-electron chi connectivity index (χ0n) is 12.2. The van der Waals surface area contributed by atoms with E-state index in [4.69, 9.17) is 4.74 Å². The van der Waals surface area contributed by atoms with Crippen LogP contribution < -0.4 is 0 Å². The van der Waals surface area contributed by atoms with Crippen LogP contribution in [-0.4, -0.2) is 38.9 Å². The Morgan fingerprint density at radius 3 is 2.55 bits per heavy atom. The molecule has 2 atom stereocenters. The minimum atomic E-state index is -0.881. The Labute approximate surface area is 122 Å². The molecule has 4 nitrogen and oxygen atoms in total. The molecule has 5 heteroatoms. The Bertz CT molecular complexity index is 496. The van der Waals surface area contributed by atoms with Crippen molar-refractivity contribution in [2.45, 2.75) is 32.4 Å². The van der Waals surface area contributed by atoms with Gasteiger partial charge in [0.25, 0.3) is 0 Å². The highest BCUT2D eigenvalue weighted by Gasteiger charge is 2.33. The van der Waals surface area contributed by atoms with Crippen LogP contribution in [0, 0.1) is 0 Å². The Hall–Kier alpha value is -1.36. The first-order valence-electron chi connectivity index (χ1n) is 6.76. The van der Waals surface area contributed by atoms with Crippen LogP contribution in [0.1, 0.15) is 32.4 Å². The highest BCUT2D eigenvalue weighted by atomic mass is 32.2. The van der Waals surface area contributed by atoms with Gasteiger partial charge in [-0.3, -0.25) is 9.11 Å². The predicted molar refractivity (Wildman–Crippen MR) is 80.0 cm³/mol. The zero-order chi connectivity index (χ0) is 14.8. The van der Waals surface area contributed by atoms with E-state index < -0.39 is 16.4 Å². The van der Waals surface area contributed by atoms with E-state index in [9.17, 15) is 9.00 Å². The maximum Gasteiger partial charge on any atom is 0.410 e. The minimum absolute atomic E-state index is 0.166. The molecule has 1 amide bonds. The average Bonchev–Trinajstić information content (AvgIpc) is 2.37. The molecule has 0 saturated carbocycles. The van der Waals surface area contributed by atoms with Gasteiger partial charge in [0, 0.05) is 28.9 Å². The van der Waals surface area contributed by atoms with E-state index in [0.29, 0.717) is 18.1 Å². The average molecular weight is 295 g/mol. The molecule has 20 heavy (non-hydrogen) atoms. The molecular formula is C15H21NO3S. The van der Waals surface area contributed by atoms with Gasteiger partial charge in [-0.05, 0) is 26.3 Å². The van der Waals surface area contributed by atoms with Gasteiger partial charge in [-0.1, -0.05) is 30.3 Å². The molecule has 1 saturated heterocycles. The summed E-state index contributed by atoms with van der Waals surface area (Å²) < 4.78 is 17.3. The monoisotopic (exact) mass is 295 g/mol. The molecule has 1 heterocycles. The lowest BCUT2D eigenvalue weighted by Crippen LogP contribution is -2.46. The number of amides is 1. The number of rotatable bonds is 1. The molecule has 0 N–H and O–H groups in total. The van der Waals surface area contributed by atoms with Gasteiger partial charge in [0.15, 0.2) is 0 Å². The van der Waals surface area contributed by atoms with Crippen molar-refractivity contribution in [1.82, 2.24) is 4.90 Å². The van der Waals surface area contributed by atoms with Crippen molar-refractivity contribution in [3.05, 3.63) is 35.9 Å². The van der Waals surface area contributed by atoms with Crippen molar-refractivity contribution >= 4 is 16.9 Å². The van der Waals surface area contributed by atoms with Gasteiger partial charge in [0.05, 0.1) is 6.04 Å². The zero-order valence-corrected chi connectivity index (χ0v) is 13.0. The van der Waals surface area contributed by atoms with E-state index in [1.54, 1.807) is 4.90 Å². The molecular weight excluding hydrogens is 274 g/mol. The highest BCUT2D eigenvalue weighted by Crippen LogP contribution is 2.27. The largest absolute Gasteiger partial charge is 0.444 e. The van der Waals surface area contributed by atoms with Crippen LogP contribution in [0.15, 0.2) is 30.3 Å². The lowest BCUT2D eigenvalue weighted by molar-refractivity contribution is 0.0183. The van der Waals surface area contributed by atoms with Crippen molar-refractivity contribution < 1.29 is 13.7 Å². The maximum absolute atomic E-state index is 12.3. The van der Waals surface area contributed by atoms with Gasteiger partial charge in [-0.2, -0.15) is 0 Å². The van der Waals surface area contributed by atoms with Gasteiger partial charge < -0.3 is 4.74 Å². The van der Waals surface area contributed by atoms with Crippen LogP contribution in [0.25, 0.3) is 0 Å². The number of carbonyl (C=O) groups is 1. The lowest BCUT2D eigenvalue weighted by atomic mass is 10.1. The molecule has 1 aliphatic rings. The molecule has 1 fully saturated rings. The Morgan fingerprint density at radius 2 is 1.95 bits per heavy atom. The number of nitrogens with zero attached hydrogens (tertiary/aromatic N) is 1. The molecule has 1 aromatic rings. The second-order valence-corrected chi connectivity index (χ2v) is 7.53. The maximum atomic E-state index is 12.3. The number of ether oxygens (including phenoxy) is 1. The molecule has 0 radical (unpaired) electrons. The number of hydrogen-bond donors (Lipinski definition) is 0. The van der Waals surface area contributed by atoms with E-state index in [2.05, 4.69) is 0 Å². The second-order valence-electron chi connectivity index (χ2n) is 5.91. The molecule has 0 aromatic heterocycles. The third-order valence-corrected chi connectivity index (χ3v) is 4.42. The summed E-state index contributed by atoms with van der Waals surface area (Å²) in [5.41, 5.74) is 0.487. The van der Waals surface area contributed by atoms with Gasteiger partial charge in [0.1, 0.15) is 5.60 Å². The quantitative estimate of drug-likeness (QED) is 0.800. The van der Waals surface area contributed by atoms with Crippen molar-refractivity contribution in [2.24, 2.45) is 0 Å². The van der Waals surface area contributed by atoms with Gasteiger partial charge in [0.2, 0.25) is 0 Å². The van der Waals surface area contributed by atoms with Crippen molar-refractivity contribution in [3.8, 4) is 0 Å². The topological polar surface area (TPSA) is 46.6 Å². The molecule has 0 bridgehead atoms. The van der Waals surface area contributed by atoms with Crippen LogP contribution in [0.5, 0.6) is 0 Å². The second kappa shape index (κ2) is 5.95. The van der Waals surface area contributed by atoms with Crippen LogP contribution >= 0.6 is 0 Å². The van der Waals surface area contributed by atoms with Crippen LogP contribution in [-0.2, 0) is 15.5 Å². The molecule has 2 rings (SSSR count). The van der Waals surface area contributed by atoms with Crippen molar-refractivity contribution in [2.75, 3.05) is 18.1 Å². The number of hydrogen-bond acceptors (Lipinski definition) is 3. The molecule has 0 spiro atoms. The third-order valence-electron chi connectivity index (χ3n) is 3.09. The van der Waals surface area contributed by atoms with Crippen LogP contribution in [0.2, 0.25) is 0 Å². The van der Waals surface area contributed by atoms with Crippen molar-refractivity contribution in [3.63, 3.8) is 0 Å². The van der Waals surface area contributed by atoms with Crippen molar-refractivity contribution in [1.29, 1.82) is 0 Å². The summed E-state index contributed by atoms with van der Waals surface area (Å²) in [6.45, 7) is 6.03. The first kappa shape index (κ1) is 15.0. The van der Waals surface area contributed by atoms with E-state index >= 15 is 0 Å². The SMILES string of the molecule is CC(C)(C)OC(=O)N1CCS(=O)C[C@@H]1c1ccccc1. The predicted octanol–water partition coefficient (Wildman–Crippen LogP) is 2.73. The molecule has 1 aromatic carbocycles. The summed E-state index contributed by atoms with van der Waals surface area (Å²) in [6.07, 6.45) is -0.331. The number of carbonyl (C=O) groups excluding carboxylic acids is 1. The Kier molecular flexibility index (Phi) is 4.48. The Balaban J connectivity index is 2.21. The fraction of sp³-hybridized carbons (Fsp3) is 0.533. The van der Waals surface area contributed by atoms with E-state index in [1.807, 2.05) is 51.1 Å². The third kappa shape index (κ3) is 3.82. The molecule has 1 unspecified atom stereocenters. The molecule has 110 valence electrons. The first-order chi connectivity index (χ1) is 9.37. The number of benzene rings is 1. The molecule has 0 aliphatic carbocycles. The van der Waals surface area contributed by atoms with E-state index in [1.165, 1.54) is 0 Å². The van der Waals surface area contributed by atoms with E-state index in [-0.39, 0.29) is 12.1 Å². The summed E-state index contributed by atoms with van der Waals surface area (Å²) in [5, 5.41) is 0. The van der Waals surface area contributed by atoms with Gasteiger partial charge in [-0.15, -0.1) is 0 Å². The fourth-order valence-corrected chi connectivity index (χ4v) is 3.49. The van der Waals surface area contributed by atoms with Gasteiger partial charge >= 0.3 is 6.09 Å². The van der Waals surface area contributed by atoms with Gasteiger partial charge in [-0.25, -0.2) is 4.79 Å². The summed E-state index contributed by atoms with van der Waals surface area (Å²) in [7, 11) is -0.881. The van der Waals surface area contributed by atoms with E-state index in [0.717, 1.165) is 5.56 Å². The summed E-state index contributed by atoms with van der Waals surface area (Å²) in [4.78, 5) is 14.0. The standard InChI is InChI=1S/C15H21NO3S/c1-15(2,3)19-14(17)16-9-10-20(18)11-13(16)12-7-5-4-6-8-12/h4-8,13H,9-11H2,1-3H3/t13-,20?/m1/s1. The molecule has 1 aliphatic heterocycles. The summed E-state index contributed by atoms with van der Waals surface area (Å²) in [5.74, 6) is 0.992.